The number of nitrogens with one attached hydrogen (secondary N) is 2. The lowest BCUT2D eigenvalue weighted by molar-refractivity contribution is 0.379. The van der Waals surface area contributed by atoms with Crippen molar-refractivity contribution in [2.24, 2.45) is 4.99 Å². The lowest BCUT2D eigenvalue weighted by atomic mass is 9.88. The molecule has 7 heteroatoms. The Hall–Kier alpha value is -1.77. The van der Waals surface area contributed by atoms with Gasteiger partial charge in [-0.2, -0.15) is 0 Å². The molecule has 0 radical (unpaired) electrons. The van der Waals surface area contributed by atoms with Gasteiger partial charge in [-0.3, -0.25) is 0 Å². The third-order valence-electron chi connectivity index (χ3n) is 5.07. The van der Waals surface area contributed by atoms with Crippen LogP contribution in [0.5, 0.6) is 5.75 Å². The standard InChI is InChI=1S/C22H32N4O2.HI/c1-5-23-21(26-14-20-24-13-19(28-20)22(2,3)4)25-12-17-16-9-7-6-8-15(16)10-11-18(17)27;/h10-11,13,27H,5-9,12,14H2,1-4H3,(H2,23,25,26);1H. The molecular formula is C22H33IN4O2. The van der Waals surface area contributed by atoms with Crippen LogP contribution in [0, 0.1) is 0 Å². The summed E-state index contributed by atoms with van der Waals surface area (Å²) in [6.45, 7) is 9.99. The number of halogens is 1. The van der Waals surface area contributed by atoms with Crippen LogP contribution in [0.4, 0.5) is 0 Å². The summed E-state index contributed by atoms with van der Waals surface area (Å²) in [6, 6.07) is 3.85. The van der Waals surface area contributed by atoms with Crippen LogP contribution in [0.1, 0.15) is 68.9 Å². The molecule has 0 saturated carbocycles. The van der Waals surface area contributed by atoms with Gasteiger partial charge in [-0.05, 0) is 49.8 Å². The molecule has 1 aromatic carbocycles. The van der Waals surface area contributed by atoms with Gasteiger partial charge < -0.3 is 20.2 Å². The number of aliphatic imine (C=N–C) groups is 1. The predicted octanol–water partition coefficient (Wildman–Crippen LogP) is 4.43. The van der Waals surface area contributed by atoms with Crippen molar-refractivity contribution in [1.29, 1.82) is 0 Å². The Morgan fingerprint density at radius 1 is 1.21 bits per heavy atom. The molecule has 6 nitrogen and oxygen atoms in total. The number of guanidine groups is 1. The highest BCUT2D eigenvalue weighted by Gasteiger charge is 2.19. The number of hydrogen-bond acceptors (Lipinski definition) is 4. The molecule has 160 valence electrons. The number of oxazole rings is 1. The molecule has 3 N–H and O–H groups in total. The predicted molar refractivity (Wildman–Crippen MR) is 127 cm³/mol. The first-order valence-corrected chi connectivity index (χ1v) is 10.2. The third kappa shape index (κ3) is 6.10. The topological polar surface area (TPSA) is 82.7 Å². The molecule has 1 aliphatic rings. The molecule has 0 aliphatic heterocycles. The molecule has 2 aromatic rings. The summed E-state index contributed by atoms with van der Waals surface area (Å²) in [6.07, 6.45) is 6.29. The van der Waals surface area contributed by atoms with Gasteiger partial charge in [0.05, 0.1) is 19.3 Å². The summed E-state index contributed by atoms with van der Waals surface area (Å²) < 4.78 is 5.84. The average molecular weight is 512 g/mol. The van der Waals surface area contributed by atoms with Gasteiger partial charge in [-0.1, -0.05) is 26.8 Å². The minimum absolute atomic E-state index is 0. The highest BCUT2D eigenvalue weighted by atomic mass is 127. The van der Waals surface area contributed by atoms with Gasteiger partial charge in [0.2, 0.25) is 5.89 Å². The molecule has 0 bridgehead atoms. The first-order chi connectivity index (χ1) is 13.4. The van der Waals surface area contributed by atoms with Crippen molar-refractivity contribution in [3.05, 3.63) is 46.7 Å². The second kappa shape index (κ2) is 10.3. The smallest absolute Gasteiger partial charge is 0.213 e. The molecule has 1 aliphatic carbocycles. The van der Waals surface area contributed by atoms with E-state index in [9.17, 15) is 5.11 Å². The zero-order valence-corrected chi connectivity index (χ0v) is 20.2. The van der Waals surface area contributed by atoms with E-state index in [-0.39, 0.29) is 29.4 Å². The molecule has 0 spiro atoms. The van der Waals surface area contributed by atoms with E-state index in [1.54, 1.807) is 12.3 Å². The number of fused-ring (bicyclic) bond motifs is 1. The van der Waals surface area contributed by atoms with E-state index in [0.717, 1.165) is 30.7 Å². The third-order valence-corrected chi connectivity index (χ3v) is 5.07. The van der Waals surface area contributed by atoms with Crippen LogP contribution in [-0.4, -0.2) is 22.6 Å². The second-order valence-electron chi connectivity index (χ2n) is 8.32. The largest absolute Gasteiger partial charge is 0.508 e. The Kier molecular flexibility index (Phi) is 8.36. The van der Waals surface area contributed by atoms with Gasteiger partial charge >= 0.3 is 0 Å². The van der Waals surface area contributed by atoms with Gasteiger partial charge in [-0.25, -0.2) is 9.98 Å². The lowest BCUT2D eigenvalue weighted by Gasteiger charge is -2.20. The maximum atomic E-state index is 10.4. The quantitative estimate of drug-likeness (QED) is 0.314. The van der Waals surface area contributed by atoms with Crippen LogP contribution in [0.3, 0.4) is 0 Å². The molecule has 0 saturated heterocycles. The van der Waals surface area contributed by atoms with Crippen LogP contribution >= 0.6 is 24.0 Å². The number of benzene rings is 1. The molecule has 0 amide bonds. The van der Waals surface area contributed by atoms with Crippen molar-refractivity contribution in [3.63, 3.8) is 0 Å². The molecule has 1 aromatic heterocycles. The number of nitrogens with zero attached hydrogens (tertiary/aromatic N) is 2. The van der Waals surface area contributed by atoms with E-state index in [2.05, 4.69) is 47.4 Å². The molecule has 0 atom stereocenters. The van der Waals surface area contributed by atoms with Crippen molar-refractivity contribution in [2.45, 2.75) is 71.9 Å². The van der Waals surface area contributed by atoms with Crippen LogP contribution in [-0.2, 0) is 31.3 Å². The Morgan fingerprint density at radius 3 is 2.66 bits per heavy atom. The SMILES string of the molecule is CCNC(=NCc1c(O)ccc2c1CCCC2)NCc1ncc(C(C)(C)C)o1.I. The Morgan fingerprint density at radius 2 is 1.97 bits per heavy atom. The molecule has 29 heavy (non-hydrogen) atoms. The number of hydrogen-bond donors (Lipinski definition) is 3. The van der Waals surface area contributed by atoms with Crippen molar-refractivity contribution in [3.8, 4) is 5.75 Å². The normalized spacial score (nSPS) is 14.1. The van der Waals surface area contributed by atoms with E-state index in [4.69, 9.17) is 4.42 Å². The Bertz CT molecular complexity index is 840. The maximum absolute atomic E-state index is 10.4. The van der Waals surface area contributed by atoms with Gasteiger partial charge in [-0.15, -0.1) is 24.0 Å². The van der Waals surface area contributed by atoms with E-state index in [1.807, 2.05) is 6.92 Å². The first kappa shape index (κ1) is 23.5. The van der Waals surface area contributed by atoms with E-state index >= 15 is 0 Å². The molecule has 3 rings (SSSR count). The van der Waals surface area contributed by atoms with Gasteiger partial charge in [0.25, 0.3) is 0 Å². The summed E-state index contributed by atoms with van der Waals surface area (Å²) in [5.41, 5.74) is 3.50. The van der Waals surface area contributed by atoms with Gasteiger partial charge in [0.15, 0.2) is 5.96 Å². The number of aromatic hydroxyl groups is 1. The average Bonchev–Trinajstić information content (AvgIpc) is 3.14. The lowest BCUT2D eigenvalue weighted by Crippen LogP contribution is -2.36. The van der Waals surface area contributed by atoms with Crippen molar-refractivity contribution in [2.75, 3.05) is 6.54 Å². The van der Waals surface area contributed by atoms with E-state index in [0.29, 0.717) is 30.7 Å². The van der Waals surface area contributed by atoms with E-state index in [1.165, 1.54) is 24.0 Å². The summed E-state index contributed by atoms with van der Waals surface area (Å²) in [5, 5.41) is 16.9. The minimum atomic E-state index is -0.0617. The van der Waals surface area contributed by atoms with Crippen molar-refractivity contribution in [1.82, 2.24) is 15.6 Å². The highest BCUT2D eigenvalue weighted by Crippen LogP contribution is 2.31. The van der Waals surface area contributed by atoms with E-state index < -0.39 is 0 Å². The highest BCUT2D eigenvalue weighted by molar-refractivity contribution is 14.0. The van der Waals surface area contributed by atoms with Crippen molar-refractivity contribution >= 4 is 29.9 Å². The van der Waals surface area contributed by atoms with Crippen LogP contribution in [0.15, 0.2) is 27.7 Å². The number of rotatable bonds is 5. The number of phenols is 1. The zero-order valence-electron chi connectivity index (χ0n) is 17.8. The molecular weight excluding hydrogens is 479 g/mol. The van der Waals surface area contributed by atoms with Crippen LogP contribution in [0.2, 0.25) is 0 Å². The number of aryl methyl sites for hydroxylation is 1. The summed E-state index contributed by atoms with van der Waals surface area (Å²) in [7, 11) is 0. The van der Waals surface area contributed by atoms with Crippen LogP contribution in [0.25, 0.3) is 0 Å². The second-order valence-corrected chi connectivity index (χ2v) is 8.32. The monoisotopic (exact) mass is 512 g/mol. The fourth-order valence-corrected chi connectivity index (χ4v) is 3.47. The molecule has 0 fully saturated rings. The minimum Gasteiger partial charge on any atom is -0.508 e. The Balaban J connectivity index is 0.00000300. The molecule has 0 unspecified atom stereocenters. The first-order valence-electron chi connectivity index (χ1n) is 10.2. The maximum Gasteiger partial charge on any atom is 0.213 e. The van der Waals surface area contributed by atoms with Gasteiger partial charge in [0, 0.05) is 17.5 Å². The summed E-state index contributed by atoms with van der Waals surface area (Å²) in [5.74, 6) is 2.52. The Labute approximate surface area is 190 Å². The number of aromatic nitrogens is 1. The van der Waals surface area contributed by atoms with Crippen LogP contribution < -0.4 is 10.6 Å². The fraction of sp³-hybridized carbons (Fsp3) is 0.545. The summed E-state index contributed by atoms with van der Waals surface area (Å²) in [4.78, 5) is 9.04. The van der Waals surface area contributed by atoms with Gasteiger partial charge in [0.1, 0.15) is 11.5 Å². The van der Waals surface area contributed by atoms with Crippen molar-refractivity contribution < 1.29 is 9.52 Å². The number of phenolic OH excluding ortho intramolecular Hbond substituents is 1. The zero-order chi connectivity index (χ0) is 20.1. The fourth-order valence-electron chi connectivity index (χ4n) is 3.47. The summed E-state index contributed by atoms with van der Waals surface area (Å²) >= 11 is 0. The molecule has 1 heterocycles.